The van der Waals surface area contributed by atoms with E-state index in [9.17, 15) is 18.0 Å². The topological polar surface area (TPSA) is 46.9 Å². The smallest absolute Gasteiger partial charge is 0.256 e. The molecule has 0 aliphatic heterocycles. The number of carbonyl (C=O) groups excluding carboxylic acids is 1. The third kappa shape index (κ3) is 4.10. The maximum absolute atomic E-state index is 13.6. The Labute approximate surface area is 170 Å². The molecule has 150 valence electrons. The summed E-state index contributed by atoms with van der Waals surface area (Å²) in [6, 6.07) is 18.2. The van der Waals surface area contributed by atoms with Gasteiger partial charge < -0.3 is 9.88 Å². The number of carbonyl (C=O) groups is 1. The predicted molar refractivity (Wildman–Crippen MR) is 107 cm³/mol. The lowest BCUT2D eigenvalue weighted by molar-refractivity contribution is 0.102. The molecule has 4 nitrogen and oxygen atoms in total. The van der Waals surface area contributed by atoms with Crippen molar-refractivity contribution in [3.8, 4) is 11.3 Å². The highest BCUT2D eigenvalue weighted by atomic mass is 19.2. The van der Waals surface area contributed by atoms with Gasteiger partial charge >= 0.3 is 0 Å². The lowest BCUT2D eigenvalue weighted by atomic mass is 10.1. The quantitative estimate of drug-likeness (QED) is 0.490. The summed E-state index contributed by atoms with van der Waals surface area (Å²) < 4.78 is 41.8. The number of benzene rings is 3. The molecule has 0 saturated carbocycles. The van der Waals surface area contributed by atoms with Gasteiger partial charge in [-0.25, -0.2) is 18.2 Å². The van der Waals surface area contributed by atoms with Crippen LogP contribution in [0.4, 0.5) is 19.0 Å². The van der Waals surface area contributed by atoms with Gasteiger partial charge in [-0.2, -0.15) is 0 Å². The molecule has 3 aromatic carbocycles. The van der Waals surface area contributed by atoms with E-state index >= 15 is 0 Å². The second kappa shape index (κ2) is 8.24. The second-order valence-corrected chi connectivity index (χ2v) is 6.65. The minimum absolute atomic E-state index is 0.0357. The van der Waals surface area contributed by atoms with Crippen LogP contribution < -0.4 is 5.32 Å². The van der Waals surface area contributed by atoms with Gasteiger partial charge in [0.05, 0.1) is 12.9 Å². The fourth-order valence-electron chi connectivity index (χ4n) is 3.05. The summed E-state index contributed by atoms with van der Waals surface area (Å²) in [4.78, 5) is 17.1. The molecule has 0 unspecified atom stereocenters. The molecule has 1 N–H and O–H groups in total. The minimum Gasteiger partial charge on any atom is -0.312 e. The van der Waals surface area contributed by atoms with E-state index in [0.29, 0.717) is 23.6 Å². The monoisotopic (exact) mass is 407 g/mol. The molecule has 4 rings (SSSR count). The van der Waals surface area contributed by atoms with Gasteiger partial charge in [0.1, 0.15) is 17.3 Å². The molecule has 0 aliphatic carbocycles. The van der Waals surface area contributed by atoms with Crippen molar-refractivity contribution in [3.05, 3.63) is 108 Å². The Kier molecular flexibility index (Phi) is 5.34. The molecule has 0 spiro atoms. The van der Waals surface area contributed by atoms with Crippen LogP contribution in [0.3, 0.4) is 0 Å². The molecule has 0 bridgehead atoms. The van der Waals surface area contributed by atoms with Gasteiger partial charge in [-0.15, -0.1) is 0 Å². The Hall–Kier alpha value is -3.87. The molecular formula is C23H16F3N3O. The molecule has 0 atom stereocenters. The lowest BCUT2D eigenvalue weighted by Crippen LogP contribution is -2.16. The van der Waals surface area contributed by atoms with Crippen molar-refractivity contribution in [3.63, 3.8) is 0 Å². The zero-order valence-electron chi connectivity index (χ0n) is 15.6. The number of nitrogens with one attached hydrogen (secondary N) is 1. The first-order valence-corrected chi connectivity index (χ1v) is 9.12. The Morgan fingerprint density at radius 3 is 2.33 bits per heavy atom. The van der Waals surface area contributed by atoms with Crippen LogP contribution in [0.25, 0.3) is 11.3 Å². The standard InChI is InChI=1S/C23H16F3N3O/c24-18-9-6-16(7-10-18)21-22(28-23(30)17-8-11-19(25)20(26)12-17)29(14-27-21)13-15-4-2-1-3-5-15/h1-12,14H,13H2,(H,28,30). The van der Waals surface area contributed by atoms with Gasteiger partial charge in [0.2, 0.25) is 0 Å². The zero-order chi connectivity index (χ0) is 21.1. The molecule has 1 heterocycles. The summed E-state index contributed by atoms with van der Waals surface area (Å²) in [5.41, 5.74) is 1.97. The predicted octanol–water partition coefficient (Wildman–Crippen LogP) is 5.27. The number of hydrogen-bond donors (Lipinski definition) is 1. The first-order chi connectivity index (χ1) is 14.5. The number of hydrogen-bond acceptors (Lipinski definition) is 2. The largest absolute Gasteiger partial charge is 0.312 e. The van der Waals surface area contributed by atoms with E-state index < -0.39 is 23.4 Å². The molecule has 0 saturated heterocycles. The van der Waals surface area contributed by atoms with E-state index in [-0.39, 0.29) is 5.56 Å². The maximum atomic E-state index is 13.6. The van der Waals surface area contributed by atoms with Crippen molar-refractivity contribution in [2.45, 2.75) is 6.54 Å². The normalized spacial score (nSPS) is 10.8. The molecule has 7 heteroatoms. The molecule has 30 heavy (non-hydrogen) atoms. The number of nitrogens with zero attached hydrogens (tertiary/aromatic N) is 2. The van der Waals surface area contributed by atoms with Gasteiger partial charge in [-0.1, -0.05) is 30.3 Å². The molecule has 4 aromatic rings. The van der Waals surface area contributed by atoms with Crippen LogP contribution in [0.5, 0.6) is 0 Å². The van der Waals surface area contributed by atoms with Gasteiger partial charge in [-0.05, 0) is 48.0 Å². The first-order valence-electron chi connectivity index (χ1n) is 9.12. The Bertz CT molecular complexity index is 1190. The van der Waals surface area contributed by atoms with E-state index in [1.807, 2.05) is 30.3 Å². The summed E-state index contributed by atoms with van der Waals surface area (Å²) in [6.45, 7) is 0.419. The average Bonchev–Trinajstić information content (AvgIpc) is 3.13. The van der Waals surface area contributed by atoms with Crippen LogP contribution in [0.15, 0.2) is 79.1 Å². The van der Waals surface area contributed by atoms with Crippen LogP contribution in [0.2, 0.25) is 0 Å². The summed E-state index contributed by atoms with van der Waals surface area (Å²) in [5, 5.41) is 2.73. The van der Waals surface area contributed by atoms with E-state index in [2.05, 4.69) is 10.3 Å². The van der Waals surface area contributed by atoms with Crippen LogP contribution in [-0.2, 0) is 6.54 Å². The van der Waals surface area contributed by atoms with Crippen LogP contribution in [0.1, 0.15) is 15.9 Å². The zero-order valence-corrected chi connectivity index (χ0v) is 15.6. The van der Waals surface area contributed by atoms with Gasteiger partial charge in [0.15, 0.2) is 11.6 Å². The number of halogens is 3. The minimum atomic E-state index is -1.11. The van der Waals surface area contributed by atoms with Crippen molar-refractivity contribution in [2.75, 3.05) is 5.32 Å². The van der Waals surface area contributed by atoms with Gasteiger partial charge in [0, 0.05) is 11.1 Å². The fraction of sp³-hybridized carbons (Fsp3) is 0.0435. The molecular weight excluding hydrogens is 391 g/mol. The Morgan fingerprint density at radius 2 is 1.63 bits per heavy atom. The van der Waals surface area contributed by atoms with Crippen molar-refractivity contribution in [2.24, 2.45) is 0 Å². The molecule has 0 fully saturated rings. The molecule has 1 amide bonds. The van der Waals surface area contributed by atoms with E-state index in [4.69, 9.17) is 0 Å². The van der Waals surface area contributed by atoms with Crippen LogP contribution in [0, 0.1) is 17.5 Å². The number of rotatable bonds is 5. The highest BCUT2D eigenvalue weighted by molar-refractivity contribution is 6.05. The van der Waals surface area contributed by atoms with Crippen molar-refractivity contribution in [1.29, 1.82) is 0 Å². The van der Waals surface area contributed by atoms with Crippen LogP contribution >= 0.6 is 0 Å². The third-order valence-electron chi connectivity index (χ3n) is 4.56. The fourth-order valence-corrected chi connectivity index (χ4v) is 3.05. The third-order valence-corrected chi connectivity index (χ3v) is 4.56. The number of anilines is 1. The second-order valence-electron chi connectivity index (χ2n) is 6.65. The van der Waals surface area contributed by atoms with Crippen LogP contribution in [-0.4, -0.2) is 15.5 Å². The number of imidazole rings is 1. The Balaban J connectivity index is 1.72. The Morgan fingerprint density at radius 1 is 0.900 bits per heavy atom. The van der Waals surface area contributed by atoms with E-state index in [1.165, 1.54) is 18.2 Å². The highest BCUT2D eigenvalue weighted by Gasteiger charge is 2.18. The first kappa shape index (κ1) is 19.4. The van der Waals surface area contributed by atoms with E-state index in [1.54, 1.807) is 23.0 Å². The van der Waals surface area contributed by atoms with Gasteiger partial charge in [0.25, 0.3) is 5.91 Å². The number of amides is 1. The summed E-state index contributed by atoms with van der Waals surface area (Å²) >= 11 is 0. The van der Waals surface area contributed by atoms with Crippen molar-refractivity contribution >= 4 is 11.7 Å². The summed E-state index contributed by atoms with van der Waals surface area (Å²) in [6.07, 6.45) is 1.56. The maximum Gasteiger partial charge on any atom is 0.256 e. The summed E-state index contributed by atoms with van der Waals surface area (Å²) in [5.74, 6) is -2.80. The highest BCUT2D eigenvalue weighted by Crippen LogP contribution is 2.28. The van der Waals surface area contributed by atoms with E-state index in [0.717, 1.165) is 17.7 Å². The molecule has 1 aromatic heterocycles. The molecule has 0 radical (unpaired) electrons. The number of aromatic nitrogens is 2. The summed E-state index contributed by atoms with van der Waals surface area (Å²) in [7, 11) is 0. The van der Waals surface area contributed by atoms with Crippen molar-refractivity contribution in [1.82, 2.24) is 9.55 Å². The SMILES string of the molecule is O=C(Nc1c(-c2ccc(F)cc2)ncn1Cc1ccccc1)c1ccc(F)c(F)c1. The lowest BCUT2D eigenvalue weighted by Gasteiger charge is -2.12. The molecule has 0 aliphatic rings. The average molecular weight is 407 g/mol. The van der Waals surface area contributed by atoms with Crippen molar-refractivity contribution < 1.29 is 18.0 Å². The van der Waals surface area contributed by atoms with Gasteiger partial charge in [-0.3, -0.25) is 4.79 Å².